The largest absolute Gasteiger partial charge is 0.453 e. The number of hydrogen-bond donors (Lipinski definition) is 0. The molecule has 1 nitrogen and oxygen atoms in total. The van der Waals surface area contributed by atoms with Gasteiger partial charge in [0.1, 0.15) is 0 Å². The SMILES string of the molecule is FC(F)(F)C(F)(F)CCCCCCCCOCc1ccccc1. The van der Waals surface area contributed by atoms with Gasteiger partial charge in [-0.15, -0.1) is 0 Å². The van der Waals surface area contributed by atoms with Crippen LogP contribution in [0.2, 0.25) is 0 Å². The van der Waals surface area contributed by atoms with Crippen LogP contribution in [0.5, 0.6) is 0 Å². The fourth-order valence-electron chi connectivity index (χ4n) is 2.16. The zero-order chi connectivity index (χ0) is 17.2. The van der Waals surface area contributed by atoms with Crippen LogP contribution in [0.1, 0.15) is 50.5 Å². The van der Waals surface area contributed by atoms with Crippen molar-refractivity contribution in [2.24, 2.45) is 0 Å². The first-order valence-corrected chi connectivity index (χ1v) is 7.89. The maximum atomic E-state index is 12.6. The summed E-state index contributed by atoms with van der Waals surface area (Å²) in [7, 11) is 0. The Hall–Kier alpha value is -1.17. The lowest BCUT2D eigenvalue weighted by Gasteiger charge is -2.19. The molecule has 0 amide bonds. The van der Waals surface area contributed by atoms with Crippen molar-refractivity contribution in [1.29, 1.82) is 0 Å². The van der Waals surface area contributed by atoms with Crippen molar-refractivity contribution in [2.45, 2.75) is 63.7 Å². The molecule has 0 fully saturated rings. The second-order valence-electron chi connectivity index (χ2n) is 5.61. The van der Waals surface area contributed by atoms with Crippen LogP contribution in [0.15, 0.2) is 30.3 Å². The second-order valence-corrected chi connectivity index (χ2v) is 5.61. The van der Waals surface area contributed by atoms with E-state index in [1.807, 2.05) is 30.3 Å². The number of hydrogen-bond acceptors (Lipinski definition) is 1. The summed E-state index contributed by atoms with van der Waals surface area (Å²) >= 11 is 0. The maximum Gasteiger partial charge on any atom is 0.453 e. The molecule has 0 N–H and O–H groups in total. The van der Waals surface area contributed by atoms with E-state index in [2.05, 4.69) is 0 Å². The molecule has 0 atom stereocenters. The topological polar surface area (TPSA) is 9.23 Å². The number of benzene rings is 1. The summed E-state index contributed by atoms with van der Waals surface area (Å²) in [6, 6.07) is 9.80. The van der Waals surface area contributed by atoms with Crippen molar-refractivity contribution in [2.75, 3.05) is 6.61 Å². The molecule has 0 aliphatic carbocycles. The highest BCUT2D eigenvalue weighted by molar-refractivity contribution is 5.13. The number of rotatable bonds is 11. The average molecular weight is 338 g/mol. The highest BCUT2D eigenvalue weighted by atomic mass is 19.4. The summed E-state index contributed by atoms with van der Waals surface area (Å²) in [6.07, 6.45) is -2.98. The van der Waals surface area contributed by atoms with Crippen LogP contribution >= 0.6 is 0 Å². The Bertz CT molecular complexity index is 417. The summed E-state index contributed by atoms with van der Waals surface area (Å²) in [6.45, 7) is 1.19. The monoisotopic (exact) mass is 338 g/mol. The van der Waals surface area contributed by atoms with E-state index in [-0.39, 0.29) is 6.42 Å². The van der Waals surface area contributed by atoms with Crippen molar-refractivity contribution < 1.29 is 26.7 Å². The minimum Gasteiger partial charge on any atom is -0.377 e. The molecule has 0 heterocycles. The molecule has 1 aromatic rings. The first-order chi connectivity index (χ1) is 10.8. The number of unbranched alkanes of at least 4 members (excludes halogenated alkanes) is 5. The van der Waals surface area contributed by atoms with Gasteiger partial charge in [0.15, 0.2) is 0 Å². The van der Waals surface area contributed by atoms with Crippen LogP contribution < -0.4 is 0 Å². The Morgan fingerprint density at radius 3 is 1.91 bits per heavy atom. The van der Waals surface area contributed by atoms with Gasteiger partial charge in [0, 0.05) is 13.0 Å². The number of ether oxygens (including phenoxy) is 1. The Morgan fingerprint density at radius 2 is 1.30 bits per heavy atom. The quantitative estimate of drug-likeness (QED) is 0.348. The highest BCUT2D eigenvalue weighted by Crippen LogP contribution is 2.39. The van der Waals surface area contributed by atoms with Crippen molar-refractivity contribution in [3.8, 4) is 0 Å². The molecule has 6 heteroatoms. The molecule has 0 bridgehead atoms. The van der Waals surface area contributed by atoms with Crippen LogP contribution in [0.3, 0.4) is 0 Å². The molecule has 0 unspecified atom stereocenters. The van der Waals surface area contributed by atoms with Gasteiger partial charge in [-0.2, -0.15) is 22.0 Å². The third-order valence-corrected chi connectivity index (χ3v) is 3.56. The lowest BCUT2D eigenvalue weighted by Crippen LogP contribution is -2.36. The second kappa shape index (κ2) is 9.85. The van der Waals surface area contributed by atoms with E-state index in [9.17, 15) is 22.0 Å². The fraction of sp³-hybridized carbons (Fsp3) is 0.647. The summed E-state index contributed by atoms with van der Waals surface area (Å²) in [5.41, 5.74) is 1.11. The van der Waals surface area contributed by atoms with E-state index >= 15 is 0 Å². The van der Waals surface area contributed by atoms with Gasteiger partial charge < -0.3 is 4.74 Å². The fourth-order valence-corrected chi connectivity index (χ4v) is 2.16. The zero-order valence-electron chi connectivity index (χ0n) is 13.0. The summed E-state index contributed by atoms with van der Waals surface area (Å²) in [5.74, 6) is -4.56. The first kappa shape index (κ1) is 19.9. The van der Waals surface area contributed by atoms with Gasteiger partial charge in [-0.1, -0.05) is 56.0 Å². The molecule has 0 aromatic heterocycles. The molecule has 0 spiro atoms. The van der Waals surface area contributed by atoms with Gasteiger partial charge in [-0.3, -0.25) is 0 Å². The Kier molecular flexibility index (Phi) is 8.52. The van der Waals surface area contributed by atoms with Crippen molar-refractivity contribution in [3.63, 3.8) is 0 Å². The lowest BCUT2D eigenvalue weighted by atomic mass is 10.1. The molecule has 0 radical (unpaired) electrons. The molecule has 0 saturated carbocycles. The Balaban J connectivity index is 1.92. The van der Waals surface area contributed by atoms with Gasteiger partial charge in [-0.25, -0.2) is 0 Å². The van der Waals surface area contributed by atoms with Crippen LogP contribution in [-0.4, -0.2) is 18.7 Å². The average Bonchev–Trinajstić information content (AvgIpc) is 2.49. The van der Waals surface area contributed by atoms with E-state index in [0.29, 0.717) is 26.1 Å². The highest BCUT2D eigenvalue weighted by Gasteiger charge is 2.56. The predicted molar refractivity (Wildman–Crippen MR) is 79.4 cm³/mol. The number of alkyl halides is 5. The predicted octanol–water partition coefficient (Wildman–Crippen LogP) is 6.13. The van der Waals surface area contributed by atoms with E-state index in [1.54, 1.807) is 0 Å². The number of halogens is 5. The minimum atomic E-state index is -5.43. The molecule has 132 valence electrons. The third-order valence-electron chi connectivity index (χ3n) is 3.56. The molecule has 1 rings (SSSR count). The molecule has 1 aromatic carbocycles. The lowest BCUT2D eigenvalue weighted by molar-refractivity contribution is -0.284. The molecule has 0 saturated heterocycles. The van der Waals surface area contributed by atoms with Gasteiger partial charge in [0.25, 0.3) is 0 Å². The smallest absolute Gasteiger partial charge is 0.377 e. The van der Waals surface area contributed by atoms with E-state index < -0.39 is 18.5 Å². The van der Waals surface area contributed by atoms with Gasteiger partial charge in [0.2, 0.25) is 0 Å². The minimum absolute atomic E-state index is 0.100. The summed E-state index contributed by atoms with van der Waals surface area (Å²) in [4.78, 5) is 0. The van der Waals surface area contributed by atoms with Crippen LogP contribution in [0, 0.1) is 0 Å². The standard InChI is InChI=1S/C17H23F5O/c18-16(19,17(20,21)22)12-8-3-1-2-4-9-13-23-14-15-10-6-5-7-11-15/h5-7,10-11H,1-4,8-9,12-14H2. The Labute approximate surface area is 133 Å². The van der Waals surface area contributed by atoms with E-state index in [4.69, 9.17) is 4.74 Å². The summed E-state index contributed by atoms with van der Waals surface area (Å²) < 4.78 is 66.6. The summed E-state index contributed by atoms with van der Waals surface area (Å²) in [5, 5.41) is 0. The molecule has 0 aliphatic heterocycles. The van der Waals surface area contributed by atoms with Gasteiger partial charge in [-0.05, 0) is 18.4 Å². The van der Waals surface area contributed by atoms with E-state index in [0.717, 1.165) is 24.8 Å². The molecule has 0 aliphatic rings. The van der Waals surface area contributed by atoms with Crippen molar-refractivity contribution in [1.82, 2.24) is 0 Å². The first-order valence-electron chi connectivity index (χ1n) is 7.89. The Morgan fingerprint density at radius 1 is 0.739 bits per heavy atom. The third kappa shape index (κ3) is 8.30. The normalized spacial score (nSPS) is 12.6. The van der Waals surface area contributed by atoms with Gasteiger partial charge >= 0.3 is 12.1 Å². The maximum absolute atomic E-state index is 12.6. The van der Waals surface area contributed by atoms with Gasteiger partial charge in [0.05, 0.1) is 6.61 Å². The van der Waals surface area contributed by atoms with Crippen molar-refractivity contribution in [3.05, 3.63) is 35.9 Å². The molecular formula is C17H23F5O. The molecular weight excluding hydrogens is 315 g/mol. The molecule has 23 heavy (non-hydrogen) atoms. The van der Waals surface area contributed by atoms with E-state index in [1.165, 1.54) is 0 Å². The van der Waals surface area contributed by atoms with Crippen LogP contribution in [0.25, 0.3) is 0 Å². The van der Waals surface area contributed by atoms with Crippen molar-refractivity contribution >= 4 is 0 Å². The van der Waals surface area contributed by atoms with Crippen LogP contribution in [-0.2, 0) is 11.3 Å². The zero-order valence-corrected chi connectivity index (χ0v) is 13.0. The van der Waals surface area contributed by atoms with Crippen LogP contribution in [0.4, 0.5) is 22.0 Å².